The monoisotopic (exact) mass is 550 g/mol. The molecule has 3 rings (SSSR count). The van der Waals surface area contributed by atoms with Gasteiger partial charge in [-0.05, 0) is 43.4 Å². The van der Waals surface area contributed by atoms with Gasteiger partial charge in [0.15, 0.2) is 0 Å². The van der Waals surface area contributed by atoms with Gasteiger partial charge in [-0.25, -0.2) is 0 Å². The Morgan fingerprint density at radius 2 is 1.73 bits per heavy atom. The standard InChI is InChI=1S/C31H42N4O5/c1-5-12-27-31(39)34(4)22(2)29(37)33-26(21-24-13-7-6-8-14-24)30(38)32-18-11-16-25-15-9-10-17-28(25)40-20-19-35(27)23(3)36/h6-10,13-15,17,22,26-27H,5,11-12,16,18-21H2,1-4H3,(H,32,38)(H,33,37)/t22-,26-,27+/m1/s1. The highest BCUT2D eigenvalue weighted by Gasteiger charge is 2.34. The van der Waals surface area contributed by atoms with Gasteiger partial charge >= 0.3 is 0 Å². The van der Waals surface area contributed by atoms with Crippen LogP contribution < -0.4 is 15.4 Å². The highest BCUT2D eigenvalue weighted by atomic mass is 16.5. The number of hydrogen-bond donors (Lipinski definition) is 2. The summed E-state index contributed by atoms with van der Waals surface area (Å²) < 4.78 is 6.07. The number of para-hydroxylation sites is 1. The summed E-state index contributed by atoms with van der Waals surface area (Å²) in [5.41, 5.74) is 1.91. The van der Waals surface area contributed by atoms with Gasteiger partial charge in [-0.1, -0.05) is 61.9 Å². The molecule has 216 valence electrons. The van der Waals surface area contributed by atoms with Crippen molar-refractivity contribution in [1.29, 1.82) is 0 Å². The van der Waals surface area contributed by atoms with E-state index in [1.54, 1.807) is 14.0 Å². The summed E-state index contributed by atoms with van der Waals surface area (Å²) >= 11 is 0. The first kappa shape index (κ1) is 30.7. The number of fused-ring (bicyclic) bond motifs is 1. The minimum Gasteiger partial charge on any atom is -0.491 e. The summed E-state index contributed by atoms with van der Waals surface area (Å²) in [6, 6.07) is 14.8. The van der Waals surface area contributed by atoms with E-state index in [0.29, 0.717) is 38.6 Å². The van der Waals surface area contributed by atoms with E-state index in [9.17, 15) is 19.2 Å². The van der Waals surface area contributed by atoms with Gasteiger partial charge in [0.05, 0.1) is 6.54 Å². The Labute approximate surface area is 237 Å². The second-order valence-corrected chi connectivity index (χ2v) is 10.2. The van der Waals surface area contributed by atoms with Gasteiger partial charge in [-0.3, -0.25) is 19.2 Å². The minimum absolute atomic E-state index is 0.224. The van der Waals surface area contributed by atoms with Gasteiger partial charge < -0.3 is 25.2 Å². The molecule has 3 atom stereocenters. The molecule has 2 N–H and O–H groups in total. The average Bonchev–Trinajstić information content (AvgIpc) is 2.95. The number of nitrogens with zero attached hydrogens (tertiary/aromatic N) is 2. The number of hydrogen-bond acceptors (Lipinski definition) is 5. The molecule has 9 heteroatoms. The summed E-state index contributed by atoms with van der Waals surface area (Å²) in [7, 11) is 1.56. The number of carbonyl (C=O) groups is 4. The van der Waals surface area contributed by atoms with Crippen LogP contribution in [0.25, 0.3) is 0 Å². The van der Waals surface area contributed by atoms with Crippen molar-refractivity contribution in [2.75, 3.05) is 26.7 Å². The highest BCUT2D eigenvalue weighted by molar-refractivity contribution is 5.94. The van der Waals surface area contributed by atoms with E-state index < -0.39 is 24.0 Å². The predicted molar refractivity (Wildman–Crippen MR) is 154 cm³/mol. The van der Waals surface area contributed by atoms with E-state index in [0.717, 1.165) is 16.9 Å². The summed E-state index contributed by atoms with van der Waals surface area (Å²) in [5.74, 6) is -0.559. The molecule has 0 radical (unpaired) electrons. The van der Waals surface area contributed by atoms with Gasteiger partial charge in [0.25, 0.3) is 0 Å². The molecule has 1 aliphatic heterocycles. The third-order valence-electron chi connectivity index (χ3n) is 7.34. The third kappa shape index (κ3) is 8.31. The lowest BCUT2D eigenvalue weighted by Crippen LogP contribution is -2.57. The summed E-state index contributed by atoms with van der Waals surface area (Å²) in [5, 5.41) is 5.84. The Hall–Kier alpha value is -3.88. The number of amides is 4. The fraction of sp³-hybridized carbons (Fsp3) is 0.484. The Balaban J connectivity index is 1.92. The van der Waals surface area contributed by atoms with Crippen molar-refractivity contribution in [3.05, 3.63) is 65.7 Å². The van der Waals surface area contributed by atoms with Crippen LogP contribution in [0.15, 0.2) is 54.6 Å². The Bertz CT molecular complexity index is 1160. The summed E-state index contributed by atoms with van der Waals surface area (Å²) in [4.78, 5) is 55.8. The fourth-order valence-corrected chi connectivity index (χ4v) is 4.89. The molecule has 0 saturated heterocycles. The van der Waals surface area contributed by atoms with E-state index in [1.165, 1.54) is 16.7 Å². The van der Waals surface area contributed by atoms with Crippen molar-refractivity contribution in [2.45, 2.75) is 71.0 Å². The van der Waals surface area contributed by atoms with Crippen molar-refractivity contribution < 1.29 is 23.9 Å². The number of rotatable bonds is 4. The van der Waals surface area contributed by atoms with Crippen molar-refractivity contribution in [3.63, 3.8) is 0 Å². The average molecular weight is 551 g/mol. The summed E-state index contributed by atoms with van der Waals surface area (Å²) in [6.45, 7) is 5.92. The molecule has 0 fully saturated rings. The van der Waals surface area contributed by atoms with E-state index >= 15 is 0 Å². The molecular formula is C31H42N4O5. The van der Waals surface area contributed by atoms with Crippen molar-refractivity contribution in [3.8, 4) is 5.75 Å². The largest absolute Gasteiger partial charge is 0.491 e. The number of ether oxygens (including phenoxy) is 1. The van der Waals surface area contributed by atoms with Gasteiger partial charge in [-0.15, -0.1) is 0 Å². The van der Waals surface area contributed by atoms with Crippen molar-refractivity contribution in [1.82, 2.24) is 20.4 Å². The molecule has 0 aromatic heterocycles. The number of likely N-dealkylation sites (N-methyl/N-ethyl adjacent to an activating group) is 1. The number of carbonyl (C=O) groups excluding carboxylic acids is 4. The lowest BCUT2D eigenvalue weighted by Gasteiger charge is -2.35. The highest BCUT2D eigenvalue weighted by Crippen LogP contribution is 2.20. The van der Waals surface area contributed by atoms with Crippen LogP contribution in [0, 0.1) is 0 Å². The number of benzene rings is 2. The predicted octanol–water partition coefficient (Wildman–Crippen LogP) is 2.72. The zero-order chi connectivity index (χ0) is 29.1. The summed E-state index contributed by atoms with van der Waals surface area (Å²) in [6.07, 6.45) is 2.81. The second-order valence-electron chi connectivity index (χ2n) is 10.2. The topological polar surface area (TPSA) is 108 Å². The lowest BCUT2D eigenvalue weighted by atomic mass is 10.0. The smallest absolute Gasteiger partial charge is 0.245 e. The SMILES string of the molecule is CCC[C@H]1C(=O)N(C)[C@H](C)C(=O)N[C@H](Cc2ccccc2)C(=O)NCCCc2ccccc2OCCN1C(C)=O. The molecule has 40 heavy (non-hydrogen) atoms. The second kappa shape index (κ2) is 15.1. The van der Waals surface area contributed by atoms with Crippen molar-refractivity contribution >= 4 is 23.6 Å². The maximum absolute atomic E-state index is 13.7. The molecule has 9 nitrogen and oxygen atoms in total. The van der Waals surface area contributed by atoms with Gasteiger partial charge in [0.2, 0.25) is 23.6 Å². The number of aryl methyl sites for hydroxylation is 1. The van der Waals surface area contributed by atoms with Crippen LogP contribution in [0.3, 0.4) is 0 Å². The van der Waals surface area contributed by atoms with Crippen LogP contribution in [0.4, 0.5) is 0 Å². The van der Waals surface area contributed by atoms with Crippen LogP contribution in [-0.4, -0.2) is 78.3 Å². The molecule has 2 aromatic carbocycles. The molecule has 1 heterocycles. The number of nitrogens with one attached hydrogen (secondary N) is 2. The van der Waals surface area contributed by atoms with Crippen LogP contribution in [-0.2, 0) is 32.0 Å². The molecular weight excluding hydrogens is 508 g/mol. The van der Waals surface area contributed by atoms with E-state index in [4.69, 9.17) is 4.74 Å². The van der Waals surface area contributed by atoms with Crippen LogP contribution in [0.2, 0.25) is 0 Å². The van der Waals surface area contributed by atoms with E-state index in [-0.39, 0.29) is 30.9 Å². The fourth-order valence-electron chi connectivity index (χ4n) is 4.89. The quantitative estimate of drug-likeness (QED) is 0.609. The molecule has 2 aromatic rings. The normalized spacial score (nSPS) is 21.8. The Morgan fingerprint density at radius 3 is 2.42 bits per heavy atom. The Kier molecular flexibility index (Phi) is 11.5. The molecule has 0 spiro atoms. The van der Waals surface area contributed by atoms with Gasteiger partial charge in [-0.2, -0.15) is 0 Å². The first-order valence-electron chi connectivity index (χ1n) is 14.1. The zero-order valence-electron chi connectivity index (χ0n) is 24.0. The van der Waals surface area contributed by atoms with Crippen molar-refractivity contribution in [2.24, 2.45) is 0 Å². The molecule has 0 saturated carbocycles. The third-order valence-corrected chi connectivity index (χ3v) is 7.34. The van der Waals surface area contributed by atoms with Crippen LogP contribution >= 0.6 is 0 Å². The van der Waals surface area contributed by atoms with Crippen LogP contribution in [0.5, 0.6) is 5.75 Å². The first-order valence-corrected chi connectivity index (χ1v) is 14.1. The minimum atomic E-state index is -0.853. The maximum atomic E-state index is 13.7. The van der Waals surface area contributed by atoms with Gasteiger partial charge in [0, 0.05) is 26.9 Å². The molecule has 0 aliphatic carbocycles. The molecule has 4 amide bonds. The van der Waals surface area contributed by atoms with Crippen LogP contribution in [0.1, 0.15) is 51.2 Å². The van der Waals surface area contributed by atoms with Gasteiger partial charge in [0.1, 0.15) is 30.5 Å². The molecule has 1 aliphatic rings. The molecule has 0 unspecified atom stereocenters. The molecule has 0 bridgehead atoms. The Morgan fingerprint density at radius 1 is 1.02 bits per heavy atom. The lowest BCUT2D eigenvalue weighted by molar-refractivity contribution is -0.148. The maximum Gasteiger partial charge on any atom is 0.245 e. The zero-order valence-corrected chi connectivity index (χ0v) is 24.0. The first-order chi connectivity index (χ1) is 19.2. The van der Waals surface area contributed by atoms with E-state index in [2.05, 4.69) is 10.6 Å². The van der Waals surface area contributed by atoms with E-state index in [1.807, 2.05) is 61.5 Å².